The number of ether oxygens (including phenoxy) is 1. The van der Waals surface area contributed by atoms with Gasteiger partial charge in [-0.3, -0.25) is 0 Å². The van der Waals surface area contributed by atoms with Crippen LogP contribution in [-0.4, -0.2) is 29.2 Å². The van der Waals surface area contributed by atoms with Gasteiger partial charge in [0.15, 0.2) is 0 Å². The molecule has 1 N–H and O–H groups in total. The van der Waals surface area contributed by atoms with Gasteiger partial charge in [-0.1, -0.05) is 0 Å². The molecule has 4 nitrogen and oxygen atoms in total. The van der Waals surface area contributed by atoms with Gasteiger partial charge in [0.2, 0.25) is 0 Å². The van der Waals surface area contributed by atoms with Crippen LogP contribution in [0.5, 0.6) is 0 Å². The van der Waals surface area contributed by atoms with E-state index in [0.29, 0.717) is 0 Å². The van der Waals surface area contributed by atoms with Crippen molar-refractivity contribution in [2.24, 2.45) is 7.05 Å². The van der Waals surface area contributed by atoms with Crippen LogP contribution in [0.25, 0.3) is 0 Å². The van der Waals surface area contributed by atoms with E-state index < -0.39 is 0 Å². The third kappa shape index (κ3) is 1.49. The average Bonchev–Trinajstić information content (AvgIpc) is 2.54. The largest absolute Gasteiger partial charge is 0.369 e. The topological polar surface area (TPSA) is 39.1 Å². The zero-order chi connectivity index (χ0) is 8.39. The summed E-state index contributed by atoms with van der Waals surface area (Å²) in [6, 6.07) is 0. The van der Waals surface area contributed by atoms with E-state index in [4.69, 9.17) is 4.74 Å². The van der Waals surface area contributed by atoms with Gasteiger partial charge in [0.1, 0.15) is 6.10 Å². The lowest BCUT2D eigenvalue weighted by atomic mass is 10.2. The zero-order valence-electron chi connectivity index (χ0n) is 7.16. The summed E-state index contributed by atoms with van der Waals surface area (Å²) >= 11 is 0. The third-order valence-corrected chi connectivity index (χ3v) is 1.98. The van der Waals surface area contributed by atoms with Crippen LogP contribution in [0.4, 0.5) is 0 Å². The van der Waals surface area contributed by atoms with Gasteiger partial charge >= 0.3 is 0 Å². The highest BCUT2D eigenvalue weighted by Crippen LogP contribution is 2.15. The Labute approximate surface area is 71.6 Å². The Morgan fingerprint density at radius 3 is 3.25 bits per heavy atom. The number of hydrogen-bond donors (Lipinski definition) is 1. The van der Waals surface area contributed by atoms with Crippen LogP contribution in [0.3, 0.4) is 0 Å². The van der Waals surface area contributed by atoms with Gasteiger partial charge in [0, 0.05) is 26.3 Å². The summed E-state index contributed by atoms with van der Waals surface area (Å²) in [5.74, 6) is 0. The number of imidazole rings is 1. The fourth-order valence-corrected chi connectivity index (χ4v) is 1.35. The van der Waals surface area contributed by atoms with Crippen molar-refractivity contribution in [3.05, 3.63) is 18.2 Å². The van der Waals surface area contributed by atoms with Crippen molar-refractivity contribution in [1.29, 1.82) is 0 Å². The highest BCUT2D eigenvalue weighted by atomic mass is 16.5. The Balaban J connectivity index is 2.08. The van der Waals surface area contributed by atoms with Crippen LogP contribution in [-0.2, 0) is 11.8 Å². The van der Waals surface area contributed by atoms with Crippen molar-refractivity contribution in [3.63, 3.8) is 0 Å². The molecule has 1 aromatic heterocycles. The van der Waals surface area contributed by atoms with E-state index in [1.54, 1.807) is 6.33 Å². The summed E-state index contributed by atoms with van der Waals surface area (Å²) in [6.07, 6.45) is 3.94. The molecule has 1 unspecified atom stereocenters. The van der Waals surface area contributed by atoms with Crippen molar-refractivity contribution in [1.82, 2.24) is 14.9 Å². The van der Waals surface area contributed by atoms with E-state index in [0.717, 1.165) is 25.4 Å². The monoisotopic (exact) mass is 167 g/mol. The molecule has 0 saturated carbocycles. The van der Waals surface area contributed by atoms with Crippen LogP contribution < -0.4 is 5.32 Å². The first kappa shape index (κ1) is 7.76. The fraction of sp³-hybridized carbons (Fsp3) is 0.625. The molecule has 2 heterocycles. The van der Waals surface area contributed by atoms with Gasteiger partial charge < -0.3 is 14.6 Å². The van der Waals surface area contributed by atoms with E-state index >= 15 is 0 Å². The molecule has 0 aliphatic carbocycles. The van der Waals surface area contributed by atoms with Gasteiger partial charge in [-0.15, -0.1) is 0 Å². The quantitative estimate of drug-likeness (QED) is 0.644. The van der Waals surface area contributed by atoms with Crippen LogP contribution in [0, 0.1) is 0 Å². The number of morpholine rings is 1. The molecule has 0 bridgehead atoms. The Hall–Kier alpha value is -0.870. The first-order valence-electron chi connectivity index (χ1n) is 4.16. The Bertz CT molecular complexity index is 253. The van der Waals surface area contributed by atoms with Crippen LogP contribution in [0.2, 0.25) is 0 Å². The maximum atomic E-state index is 5.54. The van der Waals surface area contributed by atoms with Crippen LogP contribution >= 0.6 is 0 Å². The van der Waals surface area contributed by atoms with E-state index in [1.165, 1.54) is 0 Å². The number of aromatic nitrogens is 2. The zero-order valence-corrected chi connectivity index (χ0v) is 7.16. The second kappa shape index (κ2) is 3.25. The minimum atomic E-state index is 0.139. The Morgan fingerprint density at radius 1 is 1.75 bits per heavy atom. The summed E-state index contributed by atoms with van der Waals surface area (Å²) in [5.41, 5.74) is 1.02. The first-order valence-corrected chi connectivity index (χ1v) is 4.16. The summed E-state index contributed by atoms with van der Waals surface area (Å²) < 4.78 is 7.48. The molecule has 0 amide bonds. The van der Waals surface area contributed by atoms with Crippen molar-refractivity contribution in [2.75, 3.05) is 19.7 Å². The van der Waals surface area contributed by atoms with Crippen molar-refractivity contribution in [2.45, 2.75) is 6.10 Å². The molecule has 1 saturated heterocycles. The van der Waals surface area contributed by atoms with E-state index in [9.17, 15) is 0 Å². The maximum absolute atomic E-state index is 5.54. The van der Waals surface area contributed by atoms with E-state index in [1.807, 2.05) is 17.8 Å². The molecule has 0 spiro atoms. The Kier molecular flexibility index (Phi) is 2.10. The minimum Gasteiger partial charge on any atom is -0.369 e. The van der Waals surface area contributed by atoms with Gasteiger partial charge in [-0.25, -0.2) is 4.98 Å². The second-order valence-electron chi connectivity index (χ2n) is 3.03. The summed E-state index contributed by atoms with van der Waals surface area (Å²) in [5, 5.41) is 3.27. The van der Waals surface area contributed by atoms with Gasteiger partial charge in [-0.2, -0.15) is 0 Å². The van der Waals surface area contributed by atoms with Gasteiger partial charge in [0.05, 0.1) is 18.6 Å². The summed E-state index contributed by atoms with van der Waals surface area (Å²) in [6.45, 7) is 2.60. The third-order valence-electron chi connectivity index (χ3n) is 1.98. The van der Waals surface area contributed by atoms with Crippen molar-refractivity contribution < 1.29 is 4.74 Å². The molecular weight excluding hydrogens is 154 g/mol. The second-order valence-corrected chi connectivity index (χ2v) is 3.03. The molecule has 4 heteroatoms. The van der Waals surface area contributed by atoms with Gasteiger partial charge in [0.25, 0.3) is 0 Å². The fourth-order valence-electron chi connectivity index (χ4n) is 1.35. The normalized spacial score (nSPS) is 24.2. The van der Waals surface area contributed by atoms with Crippen molar-refractivity contribution >= 4 is 0 Å². The van der Waals surface area contributed by atoms with E-state index in [2.05, 4.69) is 10.3 Å². The number of nitrogens with zero attached hydrogens (tertiary/aromatic N) is 2. The number of rotatable bonds is 1. The molecule has 1 atom stereocenters. The molecule has 12 heavy (non-hydrogen) atoms. The van der Waals surface area contributed by atoms with Crippen LogP contribution in [0.1, 0.15) is 11.8 Å². The molecule has 0 aromatic carbocycles. The number of hydrogen-bond acceptors (Lipinski definition) is 3. The highest BCUT2D eigenvalue weighted by Gasteiger charge is 2.17. The highest BCUT2D eigenvalue weighted by molar-refractivity contribution is 5.02. The lowest BCUT2D eigenvalue weighted by molar-refractivity contribution is 0.0252. The smallest absolute Gasteiger partial charge is 0.113 e. The molecule has 1 fully saturated rings. The van der Waals surface area contributed by atoms with Crippen molar-refractivity contribution in [3.8, 4) is 0 Å². The average molecular weight is 167 g/mol. The maximum Gasteiger partial charge on any atom is 0.113 e. The lowest BCUT2D eigenvalue weighted by Crippen LogP contribution is -2.33. The molecule has 1 aliphatic heterocycles. The molecule has 0 radical (unpaired) electrons. The first-order chi connectivity index (χ1) is 5.86. The van der Waals surface area contributed by atoms with Gasteiger partial charge in [-0.05, 0) is 0 Å². The number of nitrogens with one attached hydrogen (secondary N) is 1. The molecular formula is C8H13N3O. The molecule has 2 rings (SSSR count). The Morgan fingerprint density at radius 2 is 2.67 bits per heavy atom. The molecule has 1 aromatic rings. The minimum absolute atomic E-state index is 0.139. The molecule has 1 aliphatic rings. The summed E-state index contributed by atoms with van der Waals surface area (Å²) in [4.78, 5) is 4.24. The van der Waals surface area contributed by atoms with E-state index in [-0.39, 0.29) is 6.10 Å². The molecule has 66 valence electrons. The standard InChI is InChI=1S/C8H13N3O/c1-11-5-7(10-6-11)8-4-9-2-3-12-8/h5-6,8-9H,2-4H2,1H3. The number of aryl methyl sites for hydroxylation is 1. The predicted octanol–water partition coefficient (Wildman–Crippen LogP) is 0.0810. The van der Waals surface area contributed by atoms with Crippen LogP contribution in [0.15, 0.2) is 12.5 Å². The SMILES string of the molecule is Cn1cnc(C2CNCCO2)c1. The predicted molar refractivity (Wildman–Crippen MR) is 44.8 cm³/mol. The summed E-state index contributed by atoms with van der Waals surface area (Å²) in [7, 11) is 1.97. The lowest BCUT2D eigenvalue weighted by Gasteiger charge is -2.21.